The molecule has 0 fully saturated rings. The highest BCUT2D eigenvalue weighted by Gasteiger charge is 2.22. The number of benzene rings is 2. The topological polar surface area (TPSA) is 68.3 Å². The monoisotopic (exact) mass is 422 g/mol. The number of ether oxygens (including phenoxy) is 1. The normalized spacial score (nSPS) is 11.4. The second-order valence-electron chi connectivity index (χ2n) is 5.92. The number of aromatic nitrogens is 1. The number of thiazole rings is 1. The fourth-order valence-electron chi connectivity index (χ4n) is 2.51. The van der Waals surface area contributed by atoms with Crippen LogP contribution in [0.25, 0.3) is 11.3 Å². The molecule has 0 amide bonds. The van der Waals surface area contributed by atoms with Gasteiger partial charge in [0.15, 0.2) is 0 Å². The minimum Gasteiger partial charge on any atom is -0.492 e. The van der Waals surface area contributed by atoms with Crippen molar-refractivity contribution in [3.8, 4) is 17.0 Å². The van der Waals surface area contributed by atoms with Crippen LogP contribution in [0.1, 0.15) is 17.5 Å². The van der Waals surface area contributed by atoms with Crippen molar-refractivity contribution in [1.82, 2.24) is 4.98 Å². The standard InChI is InChI=1S/C19H19ClN2O3S2/c1-4-25-18-8-6-14(17-11-26-13(3)21-17)9-19(18)27(23,24)22-15-7-5-12(2)16(20)10-15/h5-11,22H,4H2,1-3H3. The first-order valence-electron chi connectivity index (χ1n) is 8.28. The van der Waals surface area contributed by atoms with Crippen LogP contribution >= 0.6 is 22.9 Å². The van der Waals surface area contributed by atoms with Crippen molar-refractivity contribution in [1.29, 1.82) is 0 Å². The lowest BCUT2D eigenvalue weighted by atomic mass is 10.2. The Morgan fingerprint density at radius 2 is 1.96 bits per heavy atom. The average molecular weight is 423 g/mol. The SMILES string of the molecule is CCOc1ccc(-c2csc(C)n2)cc1S(=O)(=O)Nc1ccc(C)c(Cl)c1. The molecule has 0 saturated carbocycles. The molecule has 8 heteroatoms. The third kappa shape index (κ3) is 4.43. The number of hydrogen-bond donors (Lipinski definition) is 1. The lowest BCUT2D eigenvalue weighted by Crippen LogP contribution is -2.14. The van der Waals surface area contributed by atoms with Gasteiger partial charge in [-0.2, -0.15) is 0 Å². The van der Waals surface area contributed by atoms with Gasteiger partial charge in [0.1, 0.15) is 10.6 Å². The van der Waals surface area contributed by atoms with Crippen molar-refractivity contribution < 1.29 is 13.2 Å². The summed E-state index contributed by atoms with van der Waals surface area (Å²) >= 11 is 7.62. The van der Waals surface area contributed by atoms with Crippen LogP contribution in [0.2, 0.25) is 5.02 Å². The lowest BCUT2D eigenvalue weighted by Gasteiger charge is -2.14. The molecule has 142 valence electrons. The first-order chi connectivity index (χ1) is 12.8. The fourth-order valence-corrected chi connectivity index (χ4v) is 4.54. The molecular weight excluding hydrogens is 404 g/mol. The number of nitrogens with zero attached hydrogens (tertiary/aromatic N) is 1. The van der Waals surface area contributed by atoms with Gasteiger partial charge in [0.05, 0.1) is 23.0 Å². The number of nitrogens with one attached hydrogen (secondary N) is 1. The molecule has 2 aromatic carbocycles. The van der Waals surface area contributed by atoms with Crippen molar-refractivity contribution in [3.05, 3.63) is 57.4 Å². The summed E-state index contributed by atoms with van der Waals surface area (Å²) in [5, 5.41) is 3.30. The van der Waals surface area contributed by atoms with Crippen LogP contribution in [0.5, 0.6) is 5.75 Å². The highest BCUT2D eigenvalue weighted by Crippen LogP contribution is 2.32. The summed E-state index contributed by atoms with van der Waals surface area (Å²) < 4.78 is 34.2. The molecule has 0 atom stereocenters. The van der Waals surface area contributed by atoms with Crippen LogP contribution < -0.4 is 9.46 Å². The summed E-state index contributed by atoms with van der Waals surface area (Å²) in [5.41, 5.74) is 2.71. The van der Waals surface area contributed by atoms with Gasteiger partial charge in [0.25, 0.3) is 10.0 Å². The van der Waals surface area contributed by atoms with E-state index in [-0.39, 0.29) is 4.90 Å². The molecule has 0 radical (unpaired) electrons. The van der Waals surface area contributed by atoms with Gasteiger partial charge in [-0.05, 0) is 56.7 Å². The molecule has 1 aromatic heterocycles. The number of sulfonamides is 1. The van der Waals surface area contributed by atoms with Gasteiger partial charge in [0.2, 0.25) is 0 Å². The molecule has 0 unspecified atom stereocenters. The smallest absolute Gasteiger partial charge is 0.265 e. The number of aryl methyl sites for hydroxylation is 2. The van der Waals surface area contributed by atoms with E-state index >= 15 is 0 Å². The van der Waals surface area contributed by atoms with Crippen LogP contribution in [0, 0.1) is 13.8 Å². The third-order valence-electron chi connectivity index (χ3n) is 3.87. The van der Waals surface area contributed by atoms with Gasteiger partial charge in [0, 0.05) is 16.0 Å². The van der Waals surface area contributed by atoms with Crippen LogP contribution in [-0.4, -0.2) is 20.0 Å². The minimum absolute atomic E-state index is 0.0594. The van der Waals surface area contributed by atoms with Gasteiger partial charge in [-0.1, -0.05) is 17.7 Å². The van der Waals surface area contributed by atoms with Crippen LogP contribution in [-0.2, 0) is 10.0 Å². The number of rotatable bonds is 6. The quantitative estimate of drug-likeness (QED) is 0.586. The Bertz CT molecular complexity index is 1080. The van der Waals surface area contributed by atoms with E-state index in [4.69, 9.17) is 16.3 Å². The second kappa shape index (κ2) is 7.88. The third-order valence-corrected chi connectivity index (χ3v) is 6.46. The zero-order chi connectivity index (χ0) is 19.6. The molecular formula is C19H19ClN2O3S2. The van der Waals surface area contributed by atoms with E-state index in [9.17, 15) is 8.42 Å². The molecule has 27 heavy (non-hydrogen) atoms. The lowest BCUT2D eigenvalue weighted by molar-refractivity contribution is 0.331. The molecule has 5 nitrogen and oxygen atoms in total. The van der Waals surface area contributed by atoms with E-state index in [1.165, 1.54) is 11.3 Å². The van der Waals surface area contributed by atoms with Crippen LogP contribution in [0.3, 0.4) is 0 Å². The van der Waals surface area contributed by atoms with E-state index in [0.717, 1.165) is 16.3 Å². The number of hydrogen-bond acceptors (Lipinski definition) is 5. The molecule has 0 saturated heterocycles. The second-order valence-corrected chi connectivity index (χ2v) is 9.04. The predicted octanol–water partition coefficient (Wildman–Crippen LogP) is 5.28. The van der Waals surface area contributed by atoms with Crippen molar-refractivity contribution in [2.24, 2.45) is 0 Å². The molecule has 1 heterocycles. The molecule has 0 spiro atoms. The van der Waals surface area contributed by atoms with Gasteiger partial charge < -0.3 is 4.74 Å². The molecule has 0 aliphatic carbocycles. The van der Waals surface area contributed by atoms with Gasteiger partial charge >= 0.3 is 0 Å². The highest BCUT2D eigenvalue weighted by atomic mass is 35.5. The molecule has 0 aliphatic rings. The van der Waals surface area contributed by atoms with E-state index in [1.807, 2.05) is 19.2 Å². The van der Waals surface area contributed by atoms with Crippen molar-refractivity contribution >= 4 is 38.6 Å². The van der Waals surface area contributed by atoms with E-state index in [2.05, 4.69) is 9.71 Å². The van der Waals surface area contributed by atoms with E-state index in [1.54, 1.807) is 43.3 Å². The van der Waals surface area contributed by atoms with Crippen molar-refractivity contribution in [2.75, 3.05) is 11.3 Å². The largest absolute Gasteiger partial charge is 0.492 e. The molecule has 3 aromatic rings. The molecule has 0 bridgehead atoms. The summed E-state index contributed by atoms with van der Waals surface area (Å²) in [6, 6.07) is 10.1. The van der Waals surface area contributed by atoms with Crippen LogP contribution in [0.15, 0.2) is 46.7 Å². The maximum absolute atomic E-state index is 13.0. The van der Waals surface area contributed by atoms with Gasteiger partial charge in [-0.15, -0.1) is 11.3 Å². The van der Waals surface area contributed by atoms with Crippen molar-refractivity contribution in [3.63, 3.8) is 0 Å². The Kier molecular flexibility index (Phi) is 5.74. The predicted molar refractivity (Wildman–Crippen MR) is 110 cm³/mol. The Morgan fingerprint density at radius 1 is 1.19 bits per heavy atom. The first-order valence-corrected chi connectivity index (χ1v) is 11.0. The van der Waals surface area contributed by atoms with E-state index in [0.29, 0.717) is 28.6 Å². The molecule has 1 N–H and O–H groups in total. The molecule has 3 rings (SSSR count). The Morgan fingerprint density at radius 3 is 2.59 bits per heavy atom. The highest BCUT2D eigenvalue weighted by molar-refractivity contribution is 7.92. The average Bonchev–Trinajstić information content (AvgIpc) is 3.05. The summed E-state index contributed by atoms with van der Waals surface area (Å²) in [5.74, 6) is 0.291. The van der Waals surface area contributed by atoms with E-state index < -0.39 is 10.0 Å². The van der Waals surface area contributed by atoms with Crippen molar-refractivity contribution in [2.45, 2.75) is 25.7 Å². The Labute approximate surface area is 168 Å². The zero-order valence-corrected chi connectivity index (χ0v) is 17.5. The van der Waals surface area contributed by atoms with Gasteiger partial charge in [-0.3, -0.25) is 4.72 Å². The fraction of sp³-hybridized carbons (Fsp3) is 0.211. The first kappa shape index (κ1) is 19.7. The Hall–Kier alpha value is -2.09. The minimum atomic E-state index is -3.88. The summed E-state index contributed by atoms with van der Waals surface area (Å²) in [7, 11) is -3.88. The summed E-state index contributed by atoms with van der Waals surface area (Å²) in [6.07, 6.45) is 0. The summed E-state index contributed by atoms with van der Waals surface area (Å²) in [4.78, 5) is 4.49. The Balaban J connectivity index is 2.04. The maximum atomic E-state index is 13.0. The van der Waals surface area contributed by atoms with Gasteiger partial charge in [-0.25, -0.2) is 13.4 Å². The maximum Gasteiger partial charge on any atom is 0.265 e. The van der Waals surface area contributed by atoms with Crippen LogP contribution in [0.4, 0.5) is 5.69 Å². The number of anilines is 1. The molecule has 0 aliphatic heterocycles. The zero-order valence-electron chi connectivity index (χ0n) is 15.1. The number of halogens is 1. The summed E-state index contributed by atoms with van der Waals surface area (Å²) in [6.45, 7) is 5.92.